The first-order valence-electron chi connectivity index (χ1n) is 45.7. The van der Waals surface area contributed by atoms with E-state index in [1.54, 1.807) is 34.0 Å². The van der Waals surface area contributed by atoms with Gasteiger partial charge < -0.3 is 17.7 Å². The van der Waals surface area contributed by atoms with Gasteiger partial charge in [-0.15, -0.1) is 34.0 Å². The quantitative estimate of drug-likeness (QED) is 0.100. The molecule has 139 heavy (non-hydrogen) atoms. The number of hydrogen-bond donors (Lipinski definition) is 0. The minimum absolute atomic E-state index is 0.567. The van der Waals surface area contributed by atoms with Crippen molar-refractivity contribution in [1.29, 1.82) is 0 Å². The van der Waals surface area contributed by atoms with E-state index in [-0.39, 0.29) is 0 Å². The number of furan rings is 4. The Balaban J connectivity index is 0.000000109. The Labute approximate surface area is 806 Å². The summed E-state index contributed by atoms with van der Waals surface area (Å²) >= 11 is 5.09. The topological polar surface area (TPSA) is 181 Å². The summed E-state index contributed by atoms with van der Waals surface area (Å²) in [5.41, 5.74) is 29.3. The van der Waals surface area contributed by atoms with Crippen molar-refractivity contribution in [2.24, 2.45) is 0 Å². The van der Waals surface area contributed by atoms with Crippen LogP contribution in [0, 0.1) is 0 Å². The lowest BCUT2D eigenvalue weighted by Crippen LogP contribution is -2.00. The highest BCUT2D eigenvalue weighted by Crippen LogP contribution is 2.47. The molecule has 28 aromatic rings. The molecule has 0 fully saturated rings. The molecule has 0 amide bonds. The Hall–Kier alpha value is -18.0. The summed E-state index contributed by atoms with van der Waals surface area (Å²) in [7, 11) is 0. The molecular formula is C122H72N10O4S3. The summed E-state index contributed by atoms with van der Waals surface area (Å²) in [6, 6.07) is 149. The van der Waals surface area contributed by atoms with Gasteiger partial charge in [-0.3, -0.25) is 0 Å². The summed E-state index contributed by atoms with van der Waals surface area (Å²) in [5.74, 6) is 3.06. The third kappa shape index (κ3) is 15.4. The average Bonchev–Trinajstić information content (AvgIpc) is 1.63. The van der Waals surface area contributed by atoms with Crippen molar-refractivity contribution >= 4 is 152 Å². The minimum Gasteiger partial charge on any atom is -0.456 e. The Kier molecular flexibility index (Phi) is 20.5. The Morgan fingerprint density at radius 2 is 0.453 bits per heavy atom. The fraction of sp³-hybridized carbons (Fsp3) is 0. The molecule has 0 N–H and O–H groups in total. The molecule has 14 nitrogen and oxygen atoms in total. The third-order valence-electron chi connectivity index (χ3n) is 25.3. The van der Waals surface area contributed by atoms with Crippen molar-refractivity contribution < 1.29 is 17.7 Å². The fourth-order valence-corrected chi connectivity index (χ4v) is 21.5. The van der Waals surface area contributed by atoms with E-state index in [1.165, 1.54) is 20.5 Å². The van der Waals surface area contributed by atoms with Crippen LogP contribution in [-0.2, 0) is 0 Å². The van der Waals surface area contributed by atoms with Crippen LogP contribution in [0.25, 0.3) is 274 Å². The fourth-order valence-electron chi connectivity index (χ4n) is 18.6. The number of aromatic nitrogens is 10. The number of nitrogens with zero attached hydrogens (tertiary/aromatic N) is 10. The Morgan fingerprint density at radius 1 is 0.158 bits per heavy atom. The molecule has 0 unspecified atom stereocenters. The second kappa shape index (κ2) is 34.8. The molecular weight excluding hydrogens is 1770 g/mol. The SMILES string of the molecule is c1ccc(-c2cc(-c3ccccc3)nc(-c3cccc4oc5ccc(-c6nc7ccccc7s6)cc5c34)n2)cc1.c1ccc(-c2ccc(-c3cc(-c4ccccc4)nc(-c4cccc5oc6ccc(-c7nc8ccccc8s7)cc6c45)n3)cc2)cc1.c1ccc(-c2nc(-c3cccc(-c4cccc5c4oc4ccccc45)c3)nc(-c3cccc4oc5ccc(-c6nc7ccccc7s6)cc5c34)n2)cc1. The molecule has 0 saturated heterocycles. The van der Waals surface area contributed by atoms with E-state index in [0.29, 0.717) is 29.1 Å². The monoisotopic (exact) mass is 1840 g/mol. The number of fused-ring (bicyclic) bond motifs is 15. The first kappa shape index (κ1) is 81.7. The molecule has 0 spiro atoms. The van der Waals surface area contributed by atoms with Crippen LogP contribution in [0.3, 0.4) is 0 Å². The van der Waals surface area contributed by atoms with Crippen molar-refractivity contribution in [2.75, 3.05) is 0 Å². The molecule has 652 valence electrons. The van der Waals surface area contributed by atoms with Gasteiger partial charge in [0, 0.05) is 115 Å². The summed E-state index contributed by atoms with van der Waals surface area (Å²) in [5, 5.41) is 11.1. The normalized spacial score (nSPS) is 11.6. The molecule has 18 aromatic carbocycles. The first-order valence-corrected chi connectivity index (χ1v) is 48.1. The molecule has 0 aliphatic heterocycles. The smallest absolute Gasteiger partial charge is 0.164 e. The van der Waals surface area contributed by atoms with Gasteiger partial charge in [0.05, 0.1) is 53.4 Å². The van der Waals surface area contributed by atoms with E-state index >= 15 is 0 Å². The zero-order valence-electron chi connectivity index (χ0n) is 73.9. The van der Waals surface area contributed by atoms with Crippen molar-refractivity contribution in [1.82, 2.24) is 49.8 Å². The van der Waals surface area contributed by atoms with Crippen LogP contribution in [0.5, 0.6) is 0 Å². The van der Waals surface area contributed by atoms with E-state index < -0.39 is 0 Å². The van der Waals surface area contributed by atoms with Crippen molar-refractivity contribution in [3.05, 3.63) is 437 Å². The number of benzene rings is 18. The second-order valence-corrected chi connectivity index (χ2v) is 37.0. The molecule has 0 bridgehead atoms. The van der Waals surface area contributed by atoms with Gasteiger partial charge in [0.15, 0.2) is 29.1 Å². The standard InChI is InChI=1S/C46H26N4O2S.C41H25N3OS.C35H21N3OS/c1-2-11-27(12-3-1)43-48-44(29-14-8-13-28(25-29)31-16-9-17-33-32-15-4-6-20-37(32)52-42(31)33)50-45(49-43)34-18-10-21-39-41(34)35-26-30(23-24-38(35)51-39)46-47-36-19-5-7-22-40(36)53-46;1-3-10-26(11-4-1)27-18-20-29(21-19-27)35-25-34(28-12-5-2-6-13-28)42-40(43-35)31-14-9-16-37-39(31)32-24-30(22-23-36(32)45-37)41-44-33-15-7-8-17-38(33)46-41;1-3-10-22(11-4-1)28-21-29(23-12-5-2-6-13-23)37-34(36-28)25-14-9-16-31-33(25)26-20-24(18-19-30(26)39-31)35-38-27-15-7-8-17-32(27)40-35/h1-26H;1-25H;1-21H. The van der Waals surface area contributed by atoms with Gasteiger partial charge in [0.1, 0.15) is 59.7 Å². The van der Waals surface area contributed by atoms with E-state index in [9.17, 15) is 0 Å². The van der Waals surface area contributed by atoms with Crippen molar-refractivity contribution in [2.45, 2.75) is 0 Å². The third-order valence-corrected chi connectivity index (χ3v) is 28.5. The molecule has 10 heterocycles. The number of para-hydroxylation sites is 5. The first-order chi connectivity index (χ1) is 68.8. The average molecular weight is 1840 g/mol. The molecule has 0 atom stereocenters. The number of hydrogen-bond acceptors (Lipinski definition) is 17. The summed E-state index contributed by atoms with van der Waals surface area (Å²) in [6.45, 7) is 0. The summed E-state index contributed by atoms with van der Waals surface area (Å²) in [6.07, 6.45) is 0. The number of rotatable bonds is 14. The lowest BCUT2D eigenvalue weighted by molar-refractivity contribution is 0.668. The molecule has 0 aliphatic rings. The van der Waals surface area contributed by atoms with E-state index in [2.05, 4.69) is 237 Å². The maximum atomic E-state index is 6.42. The van der Waals surface area contributed by atoms with Crippen LogP contribution < -0.4 is 0 Å². The Bertz CT molecular complexity index is 9460. The lowest BCUT2D eigenvalue weighted by Gasteiger charge is -2.11. The highest BCUT2D eigenvalue weighted by atomic mass is 32.1. The van der Waals surface area contributed by atoms with E-state index in [1.807, 2.05) is 200 Å². The van der Waals surface area contributed by atoms with Gasteiger partial charge in [0.25, 0.3) is 0 Å². The van der Waals surface area contributed by atoms with Crippen LogP contribution in [0.2, 0.25) is 0 Å². The molecule has 0 aliphatic carbocycles. The van der Waals surface area contributed by atoms with Gasteiger partial charge in [-0.25, -0.2) is 49.8 Å². The lowest BCUT2D eigenvalue weighted by atomic mass is 10.00. The minimum atomic E-state index is 0.567. The maximum absolute atomic E-state index is 6.42. The van der Waals surface area contributed by atoms with E-state index in [4.69, 9.17) is 67.5 Å². The highest BCUT2D eigenvalue weighted by molar-refractivity contribution is 7.22. The van der Waals surface area contributed by atoms with Gasteiger partial charge in [-0.05, 0) is 150 Å². The highest BCUT2D eigenvalue weighted by Gasteiger charge is 2.26. The molecule has 0 saturated carbocycles. The van der Waals surface area contributed by atoms with Crippen LogP contribution in [0.15, 0.2) is 454 Å². The van der Waals surface area contributed by atoms with Crippen molar-refractivity contribution in [3.63, 3.8) is 0 Å². The molecule has 28 rings (SSSR count). The van der Waals surface area contributed by atoms with Crippen LogP contribution in [0.1, 0.15) is 0 Å². The van der Waals surface area contributed by atoms with Crippen LogP contribution in [0.4, 0.5) is 0 Å². The van der Waals surface area contributed by atoms with Crippen LogP contribution in [-0.4, -0.2) is 49.8 Å². The van der Waals surface area contributed by atoms with Gasteiger partial charge in [-0.1, -0.05) is 303 Å². The second-order valence-electron chi connectivity index (χ2n) is 33.9. The van der Waals surface area contributed by atoms with Gasteiger partial charge >= 0.3 is 0 Å². The largest absolute Gasteiger partial charge is 0.456 e. The zero-order valence-corrected chi connectivity index (χ0v) is 76.3. The van der Waals surface area contributed by atoms with Crippen molar-refractivity contribution in [3.8, 4) is 156 Å². The molecule has 10 aromatic heterocycles. The number of thiazole rings is 3. The van der Waals surface area contributed by atoms with Gasteiger partial charge in [0.2, 0.25) is 0 Å². The zero-order chi connectivity index (χ0) is 91.8. The van der Waals surface area contributed by atoms with Gasteiger partial charge in [-0.2, -0.15) is 0 Å². The molecule has 0 radical (unpaired) electrons. The van der Waals surface area contributed by atoms with E-state index in [0.717, 1.165) is 225 Å². The predicted octanol–water partition coefficient (Wildman–Crippen LogP) is 33.6. The van der Waals surface area contributed by atoms with Crippen LogP contribution >= 0.6 is 34.0 Å². The summed E-state index contributed by atoms with van der Waals surface area (Å²) in [4.78, 5) is 50.6. The predicted molar refractivity (Wildman–Crippen MR) is 569 cm³/mol. The maximum Gasteiger partial charge on any atom is 0.164 e. The Morgan fingerprint density at radius 3 is 0.892 bits per heavy atom. The summed E-state index contributed by atoms with van der Waals surface area (Å²) < 4.78 is 29.0. The molecule has 17 heteroatoms.